The molecule has 4 nitrogen and oxygen atoms in total. The Morgan fingerprint density at radius 2 is 1.80 bits per heavy atom. The van der Waals surface area contributed by atoms with Gasteiger partial charge in [0.25, 0.3) is 5.91 Å². The second-order valence-corrected chi connectivity index (χ2v) is 7.32. The third-order valence-electron chi connectivity index (χ3n) is 3.45. The summed E-state index contributed by atoms with van der Waals surface area (Å²) in [4.78, 5) is 26.0. The smallest absolute Gasteiger partial charge is 0.343 e. The second kappa shape index (κ2) is 7.39. The SMILES string of the molecule is CN1C(=O)/C(=C/c2ccc(OC(=O)c3ccc(Cl)cc3)cc2)SC1=S. The second-order valence-electron chi connectivity index (χ2n) is 5.21. The number of likely N-dealkylation sites (N-methyl/N-ethyl adjacent to an activating group) is 1. The summed E-state index contributed by atoms with van der Waals surface area (Å²) in [5, 5.41) is 0.554. The van der Waals surface area contributed by atoms with Crippen LogP contribution < -0.4 is 4.74 Å². The molecule has 0 bridgehead atoms. The van der Waals surface area contributed by atoms with E-state index >= 15 is 0 Å². The van der Waals surface area contributed by atoms with Gasteiger partial charge in [-0.25, -0.2) is 4.79 Å². The molecule has 126 valence electrons. The fraction of sp³-hybridized carbons (Fsp3) is 0.0556. The maximum atomic E-state index is 12.1. The number of carbonyl (C=O) groups excluding carboxylic acids is 2. The number of carbonyl (C=O) groups is 2. The maximum absolute atomic E-state index is 12.1. The van der Waals surface area contributed by atoms with E-state index in [9.17, 15) is 9.59 Å². The Morgan fingerprint density at radius 1 is 1.16 bits per heavy atom. The number of rotatable bonds is 3. The highest BCUT2D eigenvalue weighted by atomic mass is 35.5. The van der Waals surface area contributed by atoms with E-state index in [0.29, 0.717) is 25.6 Å². The van der Waals surface area contributed by atoms with Crippen molar-refractivity contribution in [2.24, 2.45) is 0 Å². The average molecular weight is 390 g/mol. The minimum atomic E-state index is -0.462. The first-order valence-corrected chi connectivity index (χ1v) is 8.84. The number of ether oxygens (including phenoxy) is 1. The van der Waals surface area contributed by atoms with Crippen LogP contribution >= 0.6 is 35.6 Å². The summed E-state index contributed by atoms with van der Waals surface area (Å²) < 4.78 is 5.85. The van der Waals surface area contributed by atoms with Crippen LogP contribution in [0, 0.1) is 0 Å². The Balaban J connectivity index is 1.70. The molecule has 1 heterocycles. The zero-order valence-electron chi connectivity index (χ0n) is 13.1. The first kappa shape index (κ1) is 17.7. The molecule has 1 aliphatic rings. The summed E-state index contributed by atoms with van der Waals surface area (Å²) in [6, 6.07) is 13.4. The molecular weight excluding hydrogens is 378 g/mol. The molecule has 7 heteroatoms. The van der Waals surface area contributed by atoms with Crippen LogP contribution in [-0.4, -0.2) is 28.1 Å². The van der Waals surface area contributed by atoms with Crippen LogP contribution in [0.25, 0.3) is 6.08 Å². The lowest BCUT2D eigenvalue weighted by Gasteiger charge is -2.05. The predicted octanol–water partition coefficient (Wildman–Crippen LogP) is 4.39. The fourth-order valence-electron chi connectivity index (χ4n) is 2.08. The number of nitrogens with zero attached hydrogens (tertiary/aromatic N) is 1. The largest absolute Gasteiger partial charge is 0.423 e. The first-order valence-electron chi connectivity index (χ1n) is 7.23. The molecule has 0 spiro atoms. The number of hydrogen-bond acceptors (Lipinski definition) is 5. The molecule has 0 atom stereocenters. The van der Waals surface area contributed by atoms with Crippen molar-refractivity contribution in [3.63, 3.8) is 0 Å². The highest BCUT2D eigenvalue weighted by Gasteiger charge is 2.28. The van der Waals surface area contributed by atoms with E-state index in [0.717, 1.165) is 5.56 Å². The van der Waals surface area contributed by atoms with Crippen molar-refractivity contribution in [3.05, 3.63) is 69.6 Å². The van der Waals surface area contributed by atoms with E-state index in [1.54, 1.807) is 61.7 Å². The van der Waals surface area contributed by atoms with Gasteiger partial charge in [-0.1, -0.05) is 47.7 Å². The number of hydrogen-bond donors (Lipinski definition) is 0. The first-order chi connectivity index (χ1) is 11.9. The van der Waals surface area contributed by atoms with Crippen LogP contribution in [0.1, 0.15) is 15.9 Å². The summed E-state index contributed by atoms with van der Waals surface area (Å²) in [5.41, 5.74) is 1.24. The van der Waals surface area contributed by atoms with E-state index in [2.05, 4.69) is 0 Å². The molecule has 1 saturated heterocycles. The van der Waals surface area contributed by atoms with Crippen molar-refractivity contribution < 1.29 is 14.3 Å². The lowest BCUT2D eigenvalue weighted by molar-refractivity contribution is -0.121. The Hall–Kier alpha value is -2.15. The van der Waals surface area contributed by atoms with Crippen molar-refractivity contribution in [1.82, 2.24) is 4.90 Å². The molecular formula is C18H12ClNO3S2. The number of thiocarbonyl (C=S) groups is 1. The van der Waals surface area contributed by atoms with E-state index in [4.69, 9.17) is 28.6 Å². The van der Waals surface area contributed by atoms with Gasteiger partial charge in [0.15, 0.2) is 0 Å². The van der Waals surface area contributed by atoms with Gasteiger partial charge in [-0.3, -0.25) is 9.69 Å². The van der Waals surface area contributed by atoms with E-state index in [1.165, 1.54) is 16.7 Å². The molecule has 0 radical (unpaired) electrons. The zero-order valence-corrected chi connectivity index (χ0v) is 15.5. The van der Waals surface area contributed by atoms with Gasteiger partial charge < -0.3 is 4.74 Å². The summed E-state index contributed by atoms with van der Waals surface area (Å²) in [6.07, 6.45) is 1.76. The lowest BCUT2D eigenvalue weighted by Crippen LogP contribution is -2.22. The molecule has 3 rings (SSSR count). The quantitative estimate of drug-likeness (QED) is 0.337. The fourth-order valence-corrected chi connectivity index (χ4v) is 3.39. The van der Waals surface area contributed by atoms with Gasteiger partial charge in [0, 0.05) is 12.1 Å². The molecule has 2 aromatic rings. The molecule has 2 aromatic carbocycles. The Morgan fingerprint density at radius 3 is 2.36 bits per heavy atom. The van der Waals surface area contributed by atoms with Crippen LogP contribution in [0.4, 0.5) is 0 Å². The van der Waals surface area contributed by atoms with Gasteiger partial charge in [-0.2, -0.15) is 0 Å². The number of amides is 1. The van der Waals surface area contributed by atoms with Crippen LogP contribution in [0.5, 0.6) is 5.75 Å². The number of thioether (sulfide) groups is 1. The topological polar surface area (TPSA) is 46.6 Å². The third-order valence-corrected chi connectivity index (χ3v) is 5.19. The van der Waals surface area contributed by atoms with Crippen LogP contribution in [0.2, 0.25) is 5.02 Å². The van der Waals surface area contributed by atoms with Gasteiger partial charge in [-0.05, 0) is 48.0 Å². The number of halogens is 1. The maximum Gasteiger partial charge on any atom is 0.343 e. The Kier molecular flexibility index (Phi) is 5.22. The van der Waals surface area contributed by atoms with E-state index in [-0.39, 0.29) is 5.91 Å². The zero-order chi connectivity index (χ0) is 18.0. The molecule has 0 N–H and O–H groups in total. The van der Waals surface area contributed by atoms with Crippen molar-refractivity contribution >= 4 is 57.9 Å². The average Bonchev–Trinajstić information content (AvgIpc) is 2.84. The third kappa shape index (κ3) is 4.10. The monoisotopic (exact) mass is 389 g/mol. The highest BCUT2D eigenvalue weighted by molar-refractivity contribution is 8.26. The number of esters is 1. The van der Waals surface area contributed by atoms with Gasteiger partial charge >= 0.3 is 5.97 Å². The Bertz CT molecular complexity index is 876. The summed E-state index contributed by atoms with van der Waals surface area (Å²) >= 11 is 12.2. The summed E-state index contributed by atoms with van der Waals surface area (Å²) in [6.45, 7) is 0. The predicted molar refractivity (Wildman–Crippen MR) is 104 cm³/mol. The van der Waals surface area contributed by atoms with E-state index in [1.807, 2.05) is 0 Å². The standard InChI is InChI=1S/C18H12ClNO3S2/c1-20-16(21)15(25-18(20)24)10-11-2-8-14(9-3-11)23-17(22)12-4-6-13(19)7-5-12/h2-10H,1H3/b15-10-. The molecule has 0 aromatic heterocycles. The van der Waals surface area contributed by atoms with Crippen LogP contribution in [0.15, 0.2) is 53.4 Å². The molecule has 0 aliphatic carbocycles. The molecule has 1 fully saturated rings. The van der Waals surface area contributed by atoms with Gasteiger partial charge in [-0.15, -0.1) is 0 Å². The molecule has 0 saturated carbocycles. The van der Waals surface area contributed by atoms with E-state index < -0.39 is 5.97 Å². The molecule has 0 unspecified atom stereocenters. The number of benzene rings is 2. The summed E-state index contributed by atoms with van der Waals surface area (Å²) in [7, 11) is 1.65. The molecule has 1 aliphatic heterocycles. The van der Waals surface area contributed by atoms with Crippen LogP contribution in [0.3, 0.4) is 0 Å². The van der Waals surface area contributed by atoms with Crippen molar-refractivity contribution in [1.29, 1.82) is 0 Å². The lowest BCUT2D eigenvalue weighted by atomic mass is 10.2. The van der Waals surface area contributed by atoms with Crippen molar-refractivity contribution in [2.45, 2.75) is 0 Å². The summed E-state index contributed by atoms with van der Waals surface area (Å²) in [5.74, 6) is -0.162. The minimum Gasteiger partial charge on any atom is -0.423 e. The van der Waals surface area contributed by atoms with Gasteiger partial charge in [0.2, 0.25) is 0 Å². The molecule has 25 heavy (non-hydrogen) atoms. The van der Waals surface area contributed by atoms with Gasteiger partial charge in [0.05, 0.1) is 10.5 Å². The van der Waals surface area contributed by atoms with Gasteiger partial charge in [0.1, 0.15) is 10.1 Å². The molecule has 1 amide bonds. The normalized spacial score (nSPS) is 15.8. The highest BCUT2D eigenvalue weighted by Crippen LogP contribution is 2.31. The minimum absolute atomic E-state index is 0.117. The van der Waals surface area contributed by atoms with Crippen molar-refractivity contribution in [2.75, 3.05) is 7.05 Å². The van der Waals surface area contributed by atoms with Crippen LogP contribution in [-0.2, 0) is 4.79 Å². The Labute approximate surface area is 159 Å². The van der Waals surface area contributed by atoms with Crippen molar-refractivity contribution in [3.8, 4) is 5.75 Å².